The molecule has 37 heavy (non-hydrogen) atoms. The van der Waals surface area contributed by atoms with Crippen molar-refractivity contribution in [1.82, 2.24) is 15.5 Å². The molecule has 0 spiro atoms. The van der Waals surface area contributed by atoms with Crippen LogP contribution in [0.3, 0.4) is 0 Å². The van der Waals surface area contributed by atoms with Gasteiger partial charge in [0.25, 0.3) is 5.91 Å². The lowest BCUT2D eigenvalue weighted by molar-refractivity contribution is -0.137. The molecule has 2 aromatic rings. The summed E-state index contributed by atoms with van der Waals surface area (Å²) in [5.41, 5.74) is -0.00213. The van der Waals surface area contributed by atoms with Crippen molar-refractivity contribution in [3.8, 4) is 0 Å². The number of amides is 2. The highest BCUT2D eigenvalue weighted by atomic mass is 19.4. The van der Waals surface area contributed by atoms with E-state index in [1.807, 2.05) is 31.2 Å². The minimum absolute atomic E-state index is 0.168. The van der Waals surface area contributed by atoms with Crippen molar-refractivity contribution in [1.29, 1.82) is 0 Å². The van der Waals surface area contributed by atoms with Gasteiger partial charge in [0.1, 0.15) is 0 Å². The number of aliphatic hydroxyl groups is 2. The van der Waals surface area contributed by atoms with Crippen molar-refractivity contribution >= 4 is 11.8 Å². The van der Waals surface area contributed by atoms with Crippen LogP contribution in [0.4, 0.5) is 13.2 Å². The van der Waals surface area contributed by atoms with E-state index in [4.69, 9.17) is 0 Å². The molecule has 2 amide bonds. The van der Waals surface area contributed by atoms with Gasteiger partial charge in [0.2, 0.25) is 5.91 Å². The van der Waals surface area contributed by atoms with Crippen molar-refractivity contribution in [3.05, 3.63) is 70.8 Å². The number of aliphatic hydroxyl groups excluding tert-OH is 1. The molecule has 10 heteroatoms. The highest BCUT2D eigenvalue weighted by Crippen LogP contribution is 2.40. The van der Waals surface area contributed by atoms with Crippen LogP contribution in [-0.4, -0.2) is 64.7 Å². The van der Waals surface area contributed by atoms with Gasteiger partial charge in [0, 0.05) is 24.7 Å². The minimum Gasteiger partial charge on any atom is -0.390 e. The van der Waals surface area contributed by atoms with Crippen molar-refractivity contribution in [3.63, 3.8) is 0 Å². The number of carbonyl (C=O) groups is 2. The molecule has 4 rings (SSSR count). The first kappa shape index (κ1) is 27.1. The molecule has 0 aromatic heterocycles. The number of halogens is 3. The Labute approximate surface area is 213 Å². The minimum atomic E-state index is -4.57. The van der Waals surface area contributed by atoms with Gasteiger partial charge in [-0.3, -0.25) is 14.5 Å². The van der Waals surface area contributed by atoms with E-state index in [2.05, 4.69) is 15.5 Å². The summed E-state index contributed by atoms with van der Waals surface area (Å²) in [6, 6.07) is 11.4. The largest absolute Gasteiger partial charge is 0.416 e. The summed E-state index contributed by atoms with van der Waals surface area (Å²) < 4.78 is 38.6. The summed E-state index contributed by atoms with van der Waals surface area (Å²) in [5.74, 6) is -1.33. The Morgan fingerprint density at radius 1 is 1.08 bits per heavy atom. The number of carbonyl (C=O) groups excluding carboxylic acids is 2. The molecule has 1 aliphatic heterocycles. The van der Waals surface area contributed by atoms with Gasteiger partial charge in [0.05, 0.1) is 29.9 Å². The Morgan fingerprint density at radius 3 is 2.46 bits per heavy atom. The van der Waals surface area contributed by atoms with E-state index in [9.17, 15) is 33.0 Å². The number of aryl methyl sites for hydroxylation is 1. The molecule has 4 N–H and O–H groups in total. The molecule has 2 aromatic carbocycles. The Bertz CT molecular complexity index is 1130. The van der Waals surface area contributed by atoms with Crippen LogP contribution in [0, 0.1) is 6.92 Å². The number of alkyl halides is 3. The first-order valence-corrected chi connectivity index (χ1v) is 12.4. The molecule has 1 saturated carbocycles. The first-order valence-electron chi connectivity index (χ1n) is 12.4. The van der Waals surface area contributed by atoms with Crippen LogP contribution in [0.1, 0.15) is 52.7 Å². The Hall–Kier alpha value is -2.95. The molecule has 1 aliphatic carbocycles. The van der Waals surface area contributed by atoms with Gasteiger partial charge in [-0.05, 0) is 61.9 Å². The highest BCUT2D eigenvalue weighted by molar-refractivity contribution is 5.96. The maximum atomic E-state index is 12.9. The maximum absolute atomic E-state index is 12.9. The van der Waals surface area contributed by atoms with Crippen molar-refractivity contribution < 1.29 is 33.0 Å². The van der Waals surface area contributed by atoms with Gasteiger partial charge >= 0.3 is 6.18 Å². The Balaban J connectivity index is 1.26. The number of hydrogen-bond acceptors (Lipinski definition) is 5. The summed E-state index contributed by atoms with van der Waals surface area (Å²) in [5, 5.41) is 26.8. The van der Waals surface area contributed by atoms with Crippen LogP contribution in [0.5, 0.6) is 0 Å². The zero-order valence-corrected chi connectivity index (χ0v) is 20.6. The predicted molar refractivity (Wildman–Crippen MR) is 131 cm³/mol. The summed E-state index contributed by atoms with van der Waals surface area (Å²) >= 11 is 0. The number of likely N-dealkylation sites (tertiary alicyclic amines) is 1. The summed E-state index contributed by atoms with van der Waals surface area (Å²) in [6.07, 6.45) is -2.64. The Kier molecular flexibility index (Phi) is 7.91. The van der Waals surface area contributed by atoms with E-state index in [-0.39, 0.29) is 11.6 Å². The van der Waals surface area contributed by atoms with Gasteiger partial charge in [-0.25, -0.2) is 0 Å². The second-order valence-electron chi connectivity index (χ2n) is 10.0. The van der Waals surface area contributed by atoms with Crippen molar-refractivity contribution in [2.45, 2.75) is 62.6 Å². The fraction of sp³-hybridized carbons (Fsp3) is 0.481. The van der Waals surface area contributed by atoms with E-state index in [1.54, 1.807) is 0 Å². The van der Waals surface area contributed by atoms with Crippen LogP contribution >= 0.6 is 0 Å². The van der Waals surface area contributed by atoms with Crippen LogP contribution in [-0.2, 0) is 16.6 Å². The van der Waals surface area contributed by atoms with Gasteiger partial charge in [-0.1, -0.05) is 30.3 Å². The van der Waals surface area contributed by atoms with Crippen LogP contribution in [0.15, 0.2) is 48.5 Å². The molecule has 0 radical (unpaired) electrons. The fourth-order valence-corrected chi connectivity index (χ4v) is 5.42. The number of nitrogens with one attached hydrogen (secondary N) is 2. The second kappa shape index (κ2) is 10.8. The topological polar surface area (TPSA) is 102 Å². The van der Waals surface area contributed by atoms with Gasteiger partial charge in [-0.15, -0.1) is 0 Å². The zero-order chi connectivity index (χ0) is 26.8. The van der Waals surface area contributed by atoms with Gasteiger partial charge in [0.15, 0.2) is 0 Å². The molecular weight excluding hydrogens is 487 g/mol. The third-order valence-corrected chi connectivity index (χ3v) is 7.47. The maximum Gasteiger partial charge on any atom is 0.416 e. The number of hydrogen-bond donors (Lipinski definition) is 4. The second-order valence-corrected chi connectivity index (χ2v) is 10.0. The average molecular weight is 520 g/mol. The third-order valence-electron chi connectivity index (χ3n) is 7.47. The first-order chi connectivity index (χ1) is 17.5. The Morgan fingerprint density at radius 2 is 1.78 bits per heavy atom. The highest BCUT2D eigenvalue weighted by Gasteiger charge is 2.41. The number of nitrogens with zero attached hydrogens (tertiary/aromatic N) is 1. The van der Waals surface area contributed by atoms with E-state index < -0.39 is 47.8 Å². The lowest BCUT2D eigenvalue weighted by Crippen LogP contribution is -2.47. The third kappa shape index (κ3) is 6.31. The smallest absolute Gasteiger partial charge is 0.390 e. The van der Waals surface area contributed by atoms with Gasteiger partial charge in [-0.2, -0.15) is 13.2 Å². The molecule has 2 aliphatic rings. The number of β-amino-alcohol motifs (C(OH)–C–C–N with tert-alkyl or cyclic N) is 1. The molecule has 7 nitrogen and oxygen atoms in total. The summed E-state index contributed by atoms with van der Waals surface area (Å²) in [7, 11) is 0. The summed E-state index contributed by atoms with van der Waals surface area (Å²) in [4.78, 5) is 26.7. The molecule has 1 heterocycles. The predicted octanol–water partition coefficient (Wildman–Crippen LogP) is 2.74. The molecular formula is C27H32F3N3O4. The van der Waals surface area contributed by atoms with E-state index in [1.165, 1.54) is 6.07 Å². The van der Waals surface area contributed by atoms with E-state index in [0.717, 1.165) is 42.2 Å². The SMILES string of the molecule is Cc1ccccc1C1(O)CCC(N2C[C@H](NC(=O)CNC(=O)c3cccc(C(F)(F)F)c3)[C@@H](O)C2)CC1. The zero-order valence-electron chi connectivity index (χ0n) is 20.6. The normalized spacial score (nSPS) is 26.6. The monoisotopic (exact) mass is 519 g/mol. The average Bonchev–Trinajstić information content (AvgIpc) is 3.22. The molecule has 0 bridgehead atoms. The van der Waals surface area contributed by atoms with Crippen LogP contribution < -0.4 is 10.6 Å². The van der Waals surface area contributed by atoms with E-state index in [0.29, 0.717) is 25.9 Å². The molecule has 1 saturated heterocycles. The van der Waals surface area contributed by atoms with E-state index >= 15 is 0 Å². The number of benzene rings is 2. The number of rotatable bonds is 6. The standard InChI is InChI=1S/C27H32F3N3O4/c1-17-5-2-3-8-21(17)26(37)11-9-20(10-12-26)33-15-22(23(34)16-33)32-24(35)14-31-25(36)18-6-4-7-19(13-18)27(28,29)30/h2-8,13,20,22-23,34,37H,9-12,14-16H2,1H3,(H,31,36)(H,32,35)/t20?,22-,23-,26?/m0/s1. The lowest BCUT2D eigenvalue weighted by atomic mass is 9.76. The van der Waals surface area contributed by atoms with Gasteiger partial charge < -0.3 is 20.8 Å². The lowest BCUT2D eigenvalue weighted by Gasteiger charge is -2.40. The van der Waals surface area contributed by atoms with Crippen LogP contribution in [0.25, 0.3) is 0 Å². The van der Waals surface area contributed by atoms with Crippen molar-refractivity contribution in [2.24, 2.45) is 0 Å². The summed E-state index contributed by atoms with van der Waals surface area (Å²) in [6.45, 7) is 2.38. The van der Waals surface area contributed by atoms with Crippen LogP contribution in [0.2, 0.25) is 0 Å². The molecule has 2 atom stereocenters. The quantitative estimate of drug-likeness (QED) is 0.470. The van der Waals surface area contributed by atoms with Crippen molar-refractivity contribution in [2.75, 3.05) is 19.6 Å². The molecule has 2 fully saturated rings. The molecule has 200 valence electrons. The molecule has 0 unspecified atom stereocenters. The fourth-order valence-electron chi connectivity index (χ4n) is 5.42.